The molecule has 0 radical (unpaired) electrons. The zero-order chi connectivity index (χ0) is 14.6. The predicted octanol–water partition coefficient (Wildman–Crippen LogP) is 2.90. The lowest BCUT2D eigenvalue weighted by atomic mass is 10.3. The van der Waals surface area contributed by atoms with E-state index in [0.29, 0.717) is 26.4 Å². The molecule has 0 spiro atoms. The smallest absolute Gasteiger partial charge is 0.0945 e. The molecule has 0 aliphatic carbocycles. The molecule has 0 saturated heterocycles. The summed E-state index contributed by atoms with van der Waals surface area (Å²) >= 11 is 2.27. The molecular weight excluding hydrogens is 369 g/mol. The molecule has 0 aromatic heterocycles. The van der Waals surface area contributed by atoms with Crippen molar-refractivity contribution in [3.63, 3.8) is 0 Å². The van der Waals surface area contributed by atoms with E-state index >= 15 is 0 Å². The largest absolute Gasteiger partial charge is 0.389 e. The first-order chi connectivity index (χ1) is 9.74. The predicted molar refractivity (Wildman–Crippen MR) is 90.2 cm³/mol. The number of para-hydroxylation sites is 1. The highest BCUT2D eigenvalue weighted by molar-refractivity contribution is 14.1. The topological polar surface area (TPSA) is 50.7 Å². The summed E-state index contributed by atoms with van der Waals surface area (Å²) in [6, 6.07) is 7.99. The normalized spacial score (nSPS) is 12.3. The standard InChI is InChI=1S/C15H24INO3/c1-2-3-8-19-9-10-20-12-13(18)11-17-15-7-5-4-6-14(15)16/h4-7,13,17-18H,2-3,8-12H2,1H3. The second kappa shape index (κ2) is 11.3. The summed E-state index contributed by atoms with van der Waals surface area (Å²) in [5.41, 5.74) is 1.04. The van der Waals surface area contributed by atoms with Crippen LogP contribution in [0.3, 0.4) is 0 Å². The van der Waals surface area contributed by atoms with Gasteiger partial charge in [-0.2, -0.15) is 0 Å². The van der Waals surface area contributed by atoms with Gasteiger partial charge in [0.1, 0.15) is 0 Å². The third kappa shape index (κ3) is 8.04. The highest BCUT2D eigenvalue weighted by atomic mass is 127. The maximum Gasteiger partial charge on any atom is 0.0945 e. The molecule has 1 atom stereocenters. The molecule has 0 fully saturated rings. The summed E-state index contributed by atoms with van der Waals surface area (Å²) in [7, 11) is 0. The van der Waals surface area contributed by atoms with Crippen LogP contribution in [0.25, 0.3) is 0 Å². The van der Waals surface area contributed by atoms with Crippen LogP contribution in [0.5, 0.6) is 0 Å². The van der Waals surface area contributed by atoms with Gasteiger partial charge in [-0.05, 0) is 41.1 Å². The third-order valence-corrected chi connectivity index (χ3v) is 3.67. The quantitative estimate of drug-likeness (QED) is 0.449. The molecular formula is C15H24INO3. The van der Waals surface area contributed by atoms with Crippen LogP contribution in [-0.4, -0.2) is 44.2 Å². The number of nitrogens with one attached hydrogen (secondary N) is 1. The Labute approximate surface area is 135 Å². The van der Waals surface area contributed by atoms with Crippen molar-refractivity contribution < 1.29 is 14.6 Å². The number of hydrogen-bond donors (Lipinski definition) is 2. The zero-order valence-corrected chi connectivity index (χ0v) is 14.1. The highest BCUT2D eigenvalue weighted by Gasteiger charge is 2.05. The summed E-state index contributed by atoms with van der Waals surface area (Å²) < 4.78 is 11.9. The molecule has 0 aliphatic heterocycles. The van der Waals surface area contributed by atoms with Gasteiger partial charge in [0.25, 0.3) is 0 Å². The van der Waals surface area contributed by atoms with Crippen LogP contribution in [-0.2, 0) is 9.47 Å². The monoisotopic (exact) mass is 393 g/mol. The average molecular weight is 393 g/mol. The molecule has 1 aromatic carbocycles. The average Bonchev–Trinajstić information content (AvgIpc) is 2.45. The van der Waals surface area contributed by atoms with Crippen molar-refractivity contribution in [2.45, 2.75) is 25.9 Å². The Morgan fingerprint density at radius 3 is 2.70 bits per heavy atom. The van der Waals surface area contributed by atoms with Gasteiger partial charge in [-0.15, -0.1) is 0 Å². The van der Waals surface area contributed by atoms with Gasteiger partial charge in [0.05, 0.1) is 25.9 Å². The van der Waals surface area contributed by atoms with Crippen LogP contribution in [0.4, 0.5) is 5.69 Å². The van der Waals surface area contributed by atoms with Crippen LogP contribution in [0.1, 0.15) is 19.8 Å². The molecule has 4 nitrogen and oxygen atoms in total. The number of ether oxygens (including phenoxy) is 2. The molecule has 114 valence electrons. The lowest BCUT2D eigenvalue weighted by Gasteiger charge is -2.14. The first-order valence-corrected chi connectivity index (χ1v) is 8.14. The molecule has 0 saturated carbocycles. The van der Waals surface area contributed by atoms with Crippen molar-refractivity contribution in [1.82, 2.24) is 0 Å². The summed E-state index contributed by atoms with van der Waals surface area (Å²) in [6.07, 6.45) is 1.72. The van der Waals surface area contributed by atoms with Gasteiger partial charge in [-0.3, -0.25) is 0 Å². The fraction of sp³-hybridized carbons (Fsp3) is 0.600. The van der Waals surface area contributed by atoms with E-state index < -0.39 is 6.10 Å². The first kappa shape index (κ1) is 17.7. The van der Waals surface area contributed by atoms with Gasteiger partial charge in [0.2, 0.25) is 0 Å². The van der Waals surface area contributed by atoms with E-state index in [-0.39, 0.29) is 0 Å². The molecule has 0 amide bonds. The Hall–Kier alpha value is -0.370. The van der Waals surface area contributed by atoms with E-state index in [1.54, 1.807) is 0 Å². The molecule has 2 N–H and O–H groups in total. The minimum Gasteiger partial charge on any atom is -0.389 e. The maximum atomic E-state index is 9.81. The Morgan fingerprint density at radius 2 is 1.95 bits per heavy atom. The van der Waals surface area contributed by atoms with Gasteiger partial charge in [-0.25, -0.2) is 0 Å². The van der Waals surface area contributed by atoms with Crippen molar-refractivity contribution in [2.75, 3.05) is 38.3 Å². The molecule has 1 unspecified atom stereocenters. The van der Waals surface area contributed by atoms with Gasteiger partial charge >= 0.3 is 0 Å². The fourth-order valence-electron chi connectivity index (χ4n) is 1.58. The lowest BCUT2D eigenvalue weighted by Crippen LogP contribution is -2.26. The second-order valence-electron chi connectivity index (χ2n) is 4.56. The Morgan fingerprint density at radius 1 is 1.20 bits per heavy atom. The van der Waals surface area contributed by atoms with Crippen molar-refractivity contribution in [2.24, 2.45) is 0 Å². The van der Waals surface area contributed by atoms with Crippen molar-refractivity contribution in [3.8, 4) is 0 Å². The molecule has 20 heavy (non-hydrogen) atoms. The summed E-state index contributed by atoms with van der Waals surface area (Å²) in [4.78, 5) is 0. The first-order valence-electron chi connectivity index (χ1n) is 7.06. The Balaban J connectivity index is 2.03. The van der Waals surface area contributed by atoms with Crippen LogP contribution in [0.2, 0.25) is 0 Å². The Bertz CT molecular complexity index is 363. The van der Waals surface area contributed by atoms with E-state index in [4.69, 9.17) is 9.47 Å². The van der Waals surface area contributed by atoms with Crippen LogP contribution >= 0.6 is 22.6 Å². The van der Waals surface area contributed by atoms with Crippen LogP contribution < -0.4 is 5.32 Å². The molecule has 0 heterocycles. The second-order valence-corrected chi connectivity index (χ2v) is 5.72. The van der Waals surface area contributed by atoms with E-state index in [1.807, 2.05) is 24.3 Å². The number of anilines is 1. The number of benzene rings is 1. The van der Waals surface area contributed by atoms with Gasteiger partial charge in [0.15, 0.2) is 0 Å². The van der Waals surface area contributed by atoms with E-state index in [2.05, 4.69) is 34.8 Å². The number of halogens is 1. The SMILES string of the molecule is CCCCOCCOCC(O)CNc1ccccc1I. The minimum absolute atomic E-state index is 0.327. The lowest BCUT2D eigenvalue weighted by molar-refractivity contribution is 0.00749. The summed E-state index contributed by atoms with van der Waals surface area (Å²) in [5, 5.41) is 13.0. The van der Waals surface area contributed by atoms with Crippen molar-refractivity contribution in [3.05, 3.63) is 27.8 Å². The number of unbranched alkanes of at least 4 members (excludes halogenated alkanes) is 1. The summed E-state index contributed by atoms with van der Waals surface area (Å²) in [5.74, 6) is 0. The Kier molecular flexibility index (Phi) is 10.00. The van der Waals surface area contributed by atoms with Crippen LogP contribution in [0.15, 0.2) is 24.3 Å². The van der Waals surface area contributed by atoms with Gasteiger partial charge in [-0.1, -0.05) is 25.5 Å². The van der Waals surface area contributed by atoms with Crippen LogP contribution in [0, 0.1) is 3.57 Å². The third-order valence-electron chi connectivity index (χ3n) is 2.73. The number of aliphatic hydroxyl groups excluding tert-OH is 1. The maximum absolute atomic E-state index is 9.81. The molecule has 0 aliphatic rings. The number of hydrogen-bond acceptors (Lipinski definition) is 4. The number of rotatable bonds is 11. The van der Waals surface area contributed by atoms with E-state index in [9.17, 15) is 5.11 Å². The van der Waals surface area contributed by atoms with Crippen molar-refractivity contribution >= 4 is 28.3 Å². The van der Waals surface area contributed by atoms with E-state index in [1.165, 1.54) is 0 Å². The fourth-order valence-corrected chi connectivity index (χ4v) is 2.16. The zero-order valence-electron chi connectivity index (χ0n) is 12.0. The highest BCUT2D eigenvalue weighted by Crippen LogP contribution is 2.16. The van der Waals surface area contributed by atoms with Crippen molar-refractivity contribution in [1.29, 1.82) is 0 Å². The summed E-state index contributed by atoms with van der Waals surface area (Å²) in [6.45, 7) is 4.86. The van der Waals surface area contributed by atoms with Gasteiger partial charge in [0, 0.05) is 22.4 Å². The molecule has 1 rings (SSSR count). The molecule has 0 bridgehead atoms. The van der Waals surface area contributed by atoms with E-state index in [0.717, 1.165) is 28.7 Å². The molecule has 1 aromatic rings. The molecule has 5 heteroatoms. The van der Waals surface area contributed by atoms with Gasteiger partial charge < -0.3 is 19.9 Å². The minimum atomic E-state index is -0.512. The number of aliphatic hydroxyl groups is 1.